The summed E-state index contributed by atoms with van der Waals surface area (Å²) in [6.45, 7) is -0.451. The number of sulfonamides is 2. The van der Waals surface area contributed by atoms with E-state index in [-0.39, 0.29) is 15.8 Å². The monoisotopic (exact) mass is 463 g/mol. The van der Waals surface area contributed by atoms with E-state index in [0.717, 1.165) is 17.1 Å². The van der Waals surface area contributed by atoms with Crippen LogP contribution in [0.3, 0.4) is 0 Å². The lowest BCUT2D eigenvalue weighted by atomic mass is 10.2. The van der Waals surface area contributed by atoms with E-state index in [1.165, 1.54) is 55.6 Å². The third-order valence-electron chi connectivity index (χ3n) is 4.47. The number of hydrazine groups is 1. The van der Waals surface area contributed by atoms with Crippen molar-refractivity contribution in [2.24, 2.45) is 0 Å². The molecule has 1 amide bonds. The summed E-state index contributed by atoms with van der Waals surface area (Å²) in [5.41, 5.74) is 5.74. The molecule has 0 atom stereocenters. The molecule has 1 aliphatic carbocycles. The maximum atomic E-state index is 12.5. The average molecular weight is 464 g/mol. The second-order valence-corrected chi connectivity index (χ2v) is 10.7. The number of anilines is 1. The summed E-state index contributed by atoms with van der Waals surface area (Å²) in [4.78, 5) is 12.2. The van der Waals surface area contributed by atoms with Gasteiger partial charge in [0.15, 0.2) is 0 Å². The number of nitrogens with zero attached hydrogens (tertiary/aromatic N) is 2. The number of nitriles is 1. The van der Waals surface area contributed by atoms with Gasteiger partial charge in [-0.2, -0.15) is 9.57 Å². The molecule has 0 spiro atoms. The van der Waals surface area contributed by atoms with Gasteiger partial charge in [-0.3, -0.25) is 15.6 Å². The van der Waals surface area contributed by atoms with Crippen molar-refractivity contribution in [1.82, 2.24) is 14.5 Å². The van der Waals surface area contributed by atoms with Crippen LogP contribution in [0, 0.1) is 11.3 Å². The Bertz CT molecular complexity index is 1200. The van der Waals surface area contributed by atoms with Crippen molar-refractivity contribution in [2.75, 3.05) is 19.0 Å². The normalized spacial score (nSPS) is 14.1. The average Bonchev–Trinajstić information content (AvgIpc) is 3.56. The number of carbonyl (C=O) groups is 1. The van der Waals surface area contributed by atoms with E-state index in [0.29, 0.717) is 11.3 Å². The fraction of sp³-hybridized carbons (Fsp3) is 0.263. The molecule has 12 heteroatoms. The van der Waals surface area contributed by atoms with Gasteiger partial charge in [-0.25, -0.2) is 21.6 Å². The van der Waals surface area contributed by atoms with Crippen molar-refractivity contribution < 1.29 is 21.6 Å². The molecule has 164 valence electrons. The highest BCUT2D eigenvalue weighted by Gasteiger charge is 2.28. The molecule has 2 aromatic carbocycles. The van der Waals surface area contributed by atoms with Crippen molar-refractivity contribution in [3.63, 3.8) is 0 Å². The SMILES string of the molecule is CN(CC(=O)NNc1ccc(S(=O)(=O)NC2CC2)cc1)S(=O)(=O)c1ccc(C#N)cc1. The highest BCUT2D eigenvalue weighted by molar-refractivity contribution is 7.89. The van der Waals surface area contributed by atoms with Gasteiger partial charge < -0.3 is 0 Å². The Morgan fingerprint density at radius 1 is 1.03 bits per heavy atom. The van der Waals surface area contributed by atoms with E-state index >= 15 is 0 Å². The fourth-order valence-corrected chi connectivity index (χ4v) is 4.99. The van der Waals surface area contributed by atoms with Gasteiger partial charge in [0, 0.05) is 13.1 Å². The van der Waals surface area contributed by atoms with Crippen molar-refractivity contribution >= 4 is 31.6 Å². The highest BCUT2D eigenvalue weighted by atomic mass is 32.2. The van der Waals surface area contributed by atoms with Crippen molar-refractivity contribution in [3.8, 4) is 6.07 Å². The van der Waals surface area contributed by atoms with Gasteiger partial charge >= 0.3 is 0 Å². The predicted octanol–water partition coefficient (Wildman–Crippen LogP) is 0.763. The second-order valence-electron chi connectivity index (χ2n) is 6.99. The predicted molar refractivity (Wildman–Crippen MR) is 113 cm³/mol. The molecule has 0 aromatic heterocycles. The van der Waals surface area contributed by atoms with Gasteiger partial charge in [0.1, 0.15) is 0 Å². The molecule has 3 rings (SSSR count). The number of benzene rings is 2. The Hall–Kier alpha value is -2.98. The Kier molecular flexibility index (Phi) is 6.61. The zero-order valence-corrected chi connectivity index (χ0v) is 18.2. The fourth-order valence-electron chi connectivity index (χ4n) is 2.56. The number of likely N-dealkylation sites (N-methyl/N-ethyl adjacent to an activating group) is 1. The van der Waals surface area contributed by atoms with Gasteiger partial charge in [-0.15, -0.1) is 0 Å². The Morgan fingerprint density at radius 2 is 1.61 bits per heavy atom. The van der Waals surface area contributed by atoms with E-state index in [2.05, 4.69) is 15.6 Å². The van der Waals surface area contributed by atoms with Crippen LogP contribution in [0.25, 0.3) is 0 Å². The molecule has 1 saturated carbocycles. The maximum Gasteiger partial charge on any atom is 0.253 e. The lowest BCUT2D eigenvalue weighted by molar-refractivity contribution is -0.120. The van der Waals surface area contributed by atoms with Crippen LogP contribution < -0.4 is 15.6 Å². The molecule has 0 bridgehead atoms. The minimum Gasteiger partial charge on any atom is -0.299 e. The zero-order valence-electron chi connectivity index (χ0n) is 16.6. The molecule has 1 fully saturated rings. The summed E-state index contributed by atoms with van der Waals surface area (Å²) in [7, 11) is -6.21. The van der Waals surface area contributed by atoms with Gasteiger partial charge in [-0.05, 0) is 61.4 Å². The number of carbonyl (C=O) groups excluding carboxylic acids is 1. The van der Waals surface area contributed by atoms with Crippen molar-refractivity contribution in [2.45, 2.75) is 28.7 Å². The first-order valence-electron chi connectivity index (χ1n) is 9.25. The standard InChI is InChI=1S/C19H21N5O5S2/c1-24(31(28,29)18-8-2-14(12-20)3-9-18)13-19(25)22-21-15-6-10-17(11-7-15)30(26,27)23-16-4-5-16/h2-3,6-11,16,21,23H,4-5,13H2,1H3,(H,22,25). The first-order chi connectivity index (χ1) is 14.6. The molecule has 31 heavy (non-hydrogen) atoms. The van der Waals surface area contributed by atoms with Crippen LogP contribution in [0.2, 0.25) is 0 Å². The van der Waals surface area contributed by atoms with E-state index < -0.39 is 32.5 Å². The van der Waals surface area contributed by atoms with Gasteiger partial charge in [0.05, 0.1) is 33.7 Å². The van der Waals surface area contributed by atoms with E-state index in [1.54, 1.807) is 0 Å². The minimum atomic E-state index is -3.91. The lowest BCUT2D eigenvalue weighted by Gasteiger charge is -2.17. The van der Waals surface area contributed by atoms with Crippen LogP contribution in [0.5, 0.6) is 0 Å². The molecule has 0 radical (unpaired) electrons. The minimum absolute atomic E-state index is 0.000334. The second kappa shape index (κ2) is 9.03. The molecule has 3 N–H and O–H groups in total. The quantitative estimate of drug-likeness (QED) is 0.465. The smallest absolute Gasteiger partial charge is 0.253 e. The first kappa shape index (κ1) is 22.7. The molecule has 10 nitrogen and oxygen atoms in total. The van der Waals surface area contributed by atoms with Crippen LogP contribution in [-0.4, -0.2) is 46.7 Å². The third-order valence-corrected chi connectivity index (χ3v) is 7.82. The number of rotatable bonds is 9. The van der Waals surface area contributed by atoms with E-state index in [1.807, 2.05) is 6.07 Å². The van der Waals surface area contributed by atoms with Crippen LogP contribution in [0.15, 0.2) is 58.3 Å². The largest absolute Gasteiger partial charge is 0.299 e. The Balaban J connectivity index is 1.55. The maximum absolute atomic E-state index is 12.5. The molecule has 1 aliphatic rings. The van der Waals surface area contributed by atoms with Crippen molar-refractivity contribution in [1.29, 1.82) is 5.26 Å². The number of hydrogen-bond donors (Lipinski definition) is 3. The van der Waals surface area contributed by atoms with Gasteiger partial charge in [0.2, 0.25) is 20.0 Å². The molecule has 0 heterocycles. The van der Waals surface area contributed by atoms with Crippen LogP contribution in [0.1, 0.15) is 18.4 Å². The molecule has 2 aromatic rings. The molecule has 0 aliphatic heterocycles. The van der Waals surface area contributed by atoms with E-state index in [9.17, 15) is 21.6 Å². The first-order valence-corrected chi connectivity index (χ1v) is 12.2. The Labute approximate surface area is 180 Å². The lowest BCUT2D eigenvalue weighted by Crippen LogP contribution is -2.40. The number of hydrogen-bond acceptors (Lipinski definition) is 7. The summed E-state index contributed by atoms with van der Waals surface area (Å²) < 4.78 is 52.8. The number of nitrogens with one attached hydrogen (secondary N) is 3. The number of amides is 1. The van der Waals surface area contributed by atoms with Crippen LogP contribution in [-0.2, 0) is 24.8 Å². The van der Waals surface area contributed by atoms with Crippen molar-refractivity contribution in [3.05, 3.63) is 54.1 Å². The summed E-state index contributed by atoms with van der Waals surface area (Å²) in [5.74, 6) is -0.619. The summed E-state index contributed by atoms with van der Waals surface area (Å²) in [5, 5.41) is 8.80. The van der Waals surface area contributed by atoms with Crippen LogP contribution in [0.4, 0.5) is 5.69 Å². The molecular formula is C19H21N5O5S2. The molecule has 0 unspecified atom stereocenters. The summed E-state index contributed by atoms with van der Waals surface area (Å²) in [6, 6.07) is 13.0. The van der Waals surface area contributed by atoms with Gasteiger partial charge in [0.25, 0.3) is 5.91 Å². The summed E-state index contributed by atoms with van der Waals surface area (Å²) in [6.07, 6.45) is 1.67. The third kappa shape index (κ3) is 5.80. The summed E-state index contributed by atoms with van der Waals surface area (Å²) >= 11 is 0. The highest BCUT2D eigenvalue weighted by Crippen LogP contribution is 2.22. The Morgan fingerprint density at radius 3 is 2.16 bits per heavy atom. The molecular weight excluding hydrogens is 442 g/mol. The topological polar surface area (TPSA) is 148 Å². The van der Waals surface area contributed by atoms with Gasteiger partial charge in [-0.1, -0.05) is 0 Å². The van der Waals surface area contributed by atoms with Crippen LogP contribution >= 0.6 is 0 Å². The van der Waals surface area contributed by atoms with E-state index in [4.69, 9.17) is 5.26 Å². The molecule has 0 saturated heterocycles. The zero-order chi connectivity index (χ0) is 22.6.